The van der Waals surface area contributed by atoms with Crippen LogP contribution in [0.2, 0.25) is 0 Å². The van der Waals surface area contributed by atoms with Gasteiger partial charge in [-0.1, -0.05) is 30.3 Å². The Labute approximate surface area is 150 Å². The fourth-order valence-electron chi connectivity index (χ4n) is 2.59. The van der Waals surface area contributed by atoms with Crippen molar-refractivity contribution in [1.82, 2.24) is 15.5 Å². The summed E-state index contributed by atoms with van der Waals surface area (Å²) in [5.74, 6) is 1.21. The zero-order valence-corrected chi connectivity index (χ0v) is 15.3. The van der Waals surface area contributed by atoms with Gasteiger partial charge < -0.3 is 20.3 Å². The van der Waals surface area contributed by atoms with Gasteiger partial charge in [-0.2, -0.15) is 0 Å². The van der Waals surface area contributed by atoms with Crippen LogP contribution in [0.15, 0.2) is 35.3 Å². The molecule has 0 aromatic heterocycles. The molecule has 0 bridgehead atoms. The number of ether oxygens (including phenoxy) is 1. The molecule has 6 nitrogen and oxygen atoms in total. The summed E-state index contributed by atoms with van der Waals surface area (Å²) >= 11 is 0. The number of guanidine groups is 1. The van der Waals surface area contributed by atoms with Crippen molar-refractivity contribution in [2.24, 2.45) is 10.9 Å². The Morgan fingerprint density at radius 3 is 2.76 bits per heavy atom. The fraction of sp³-hybridized carbons (Fsp3) is 0.579. The second kappa shape index (κ2) is 10.7. The molecule has 1 saturated heterocycles. The molecule has 1 aliphatic rings. The Kier molecular flexibility index (Phi) is 8.25. The number of hydrogen-bond donors (Lipinski definition) is 2. The second-order valence-electron chi connectivity index (χ2n) is 6.58. The van der Waals surface area contributed by atoms with Crippen LogP contribution >= 0.6 is 0 Å². The number of likely N-dealkylation sites (N-methyl/N-ethyl adjacent to an activating group) is 1. The van der Waals surface area contributed by atoms with Crippen molar-refractivity contribution in [2.75, 3.05) is 46.9 Å². The molecule has 2 N–H and O–H groups in total. The highest BCUT2D eigenvalue weighted by atomic mass is 16.5. The maximum absolute atomic E-state index is 11.8. The van der Waals surface area contributed by atoms with E-state index >= 15 is 0 Å². The summed E-state index contributed by atoms with van der Waals surface area (Å²) in [6.45, 7) is 3.42. The highest BCUT2D eigenvalue weighted by molar-refractivity contribution is 5.84. The molecule has 0 aliphatic carbocycles. The van der Waals surface area contributed by atoms with Crippen LogP contribution in [0.3, 0.4) is 0 Å². The number of carbonyl (C=O) groups is 1. The summed E-state index contributed by atoms with van der Waals surface area (Å²) in [4.78, 5) is 17.7. The topological polar surface area (TPSA) is 66.0 Å². The Morgan fingerprint density at radius 1 is 1.28 bits per heavy atom. The van der Waals surface area contributed by atoms with E-state index in [1.807, 2.05) is 6.07 Å². The molecule has 0 radical (unpaired) electrons. The summed E-state index contributed by atoms with van der Waals surface area (Å²) in [6.07, 6.45) is 3.11. The number of hydrogen-bond acceptors (Lipinski definition) is 3. The first-order chi connectivity index (χ1) is 12.1. The highest BCUT2D eigenvalue weighted by Gasteiger charge is 2.15. The molecule has 0 saturated carbocycles. The van der Waals surface area contributed by atoms with Crippen LogP contribution in [-0.2, 0) is 16.0 Å². The van der Waals surface area contributed by atoms with Gasteiger partial charge >= 0.3 is 0 Å². The van der Waals surface area contributed by atoms with Gasteiger partial charge in [0.2, 0.25) is 5.91 Å². The number of aliphatic imine (C=N–C) groups is 1. The summed E-state index contributed by atoms with van der Waals surface area (Å²) in [5.41, 5.74) is 1.33. The van der Waals surface area contributed by atoms with Gasteiger partial charge in [0, 0.05) is 39.7 Å². The van der Waals surface area contributed by atoms with Crippen molar-refractivity contribution in [2.45, 2.75) is 19.3 Å². The van der Waals surface area contributed by atoms with Crippen LogP contribution in [0, 0.1) is 5.92 Å². The molecule has 25 heavy (non-hydrogen) atoms. The van der Waals surface area contributed by atoms with Crippen LogP contribution in [0.4, 0.5) is 0 Å². The normalized spacial score (nSPS) is 17.4. The molecule has 0 spiro atoms. The third-order valence-corrected chi connectivity index (χ3v) is 4.23. The summed E-state index contributed by atoms with van der Waals surface area (Å²) in [7, 11) is 3.49. The summed E-state index contributed by atoms with van der Waals surface area (Å²) in [6, 6.07) is 10.4. The minimum Gasteiger partial charge on any atom is -0.381 e. The van der Waals surface area contributed by atoms with Crippen molar-refractivity contribution in [1.29, 1.82) is 0 Å². The van der Waals surface area contributed by atoms with Gasteiger partial charge in [-0.15, -0.1) is 0 Å². The molecule has 2 rings (SSSR count). The minimum atomic E-state index is -0.00501. The van der Waals surface area contributed by atoms with E-state index in [0.717, 1.165) is 45.6 Å². The quantitative estimate of drug-likeness (QED) is 0.423. The third kappa shape index (κ3) is 7.56. The lowest BCUT2D eigenvalue weighted by molar-refractivity contribution is -0.127. The van der Waals surface area contributed by atoms with Crippen molar-refractivity contribution in [3.05, 3.63) is 35.9 Å². The number of rotatable bonds is 8. The number of nitrogens with one attached hydrogen (secondary N) is 2. The standard InChI is InChI=1S/C19H30N4O2/c1-23(2)18(24)14-22-19(21-13-17-10-12-25-15-17)20-11-6-9-16-7-4-3-5-8-16/h3-5,7-8,17H,6,9-15H2,1-2H3,(H2,20,21,22). The zero-order chi connectivity index (χ0) is 17.9. The number of aryl methyl sites for hydroxylation is 1. The Bertz CT molecular complexity index is 540. The zero-order valence-electron chi connectivity index (χ0n) is 15.3. The van der Waals surface area contributed by atoms with E-state index in [2.05, 4.69) is 39.9 Å². The van der Waals surface area contributed by atoms with Gasteiger partial charge in [-0.25, -0.2) is 4.99 Å². The average Bonchev–Trinajstić information content (AvgIpc) is 3.14. The average molecular weight is 346 g/mol. The van der Waals surface area contributed by atoms with E-state index < -0.39 is 0 Å². The number of amides is 1. The second-order valence-corrected chi connectivity index (χ2v) is 6.58. The van der Waals surface area contributed by atoms with Gasteiger partial charge in [0.15, 0.2) is 5.96 Å². The Hall–Kier alpha value is -2.08. The maximum atomic E-state index is 11.8. The first-order valence-corrected chi connectivity index (χ1v) is 8.99. The highest BCUT2D eigenvalue weighted by Crippen LogP contribution is 2.10. The van der Waals surface area contributed by atoms with E-state index in [-0.39, 0.29) is 12.5 Å². The van der Waals surface area contributed by atoms with Crippen LogP contribution in [0.1, 0.15) is 18.4 Å². The number of carbonyl (C=O) groups excluding carboxylic acids is 1. The molecule has 6 heteroatoms. The molecular weight excluding hydrogens is 316 g/mol. The number of benzene rings is 1. The molecule has 1 aromatic rings. The van der Waals surface area contributed by atoms with Crippen LogP contribution in [0.5, 0.6) is 0 Å². The molecule has 1 aromatic carbocycles. The van der Waals surface area contributed by atoms with Crippen molar-refractivity contribution in [3.63, 3.8) is 0 Å². The van der Waals surface area contributed by atoms with Crippen LogP contribution in [-0.4, -0.2) is 63.7 Å². The summed E-state index contributed by atoms with van der Waals surface area (Å²) in [5, 5.41) is 6.68. The van der Waals surface area contributed by atoms with Gasteiger partial charge in [0.1, 0.15) is 6.54 Å². The molecule has 1 atom stereocenters. The van der Waals surface area contributed by atoms with E-state index in [1.54, 1.807) is 19.0 Å². The molecule has 1 unspecified atom stereocenters. The van der Waals surface area contributed by atoms with Crippen molar-refractivity contribution >= 4 is 11.9 Å². The molecule has 1 heterocycles. The number of nitrogens with zero attached hydrogens (tertiary/aromatic N) is 2. The lowest BCUT2D eigenvalue weighted by atomic mass is 10.1. The fourth-order valence-corrected chi connectivity index (χ4v) is 2.59. The van der Waals surface area contributed by atoms with Crippen molar-refractivity contribution < 1.29 is 9.53 Å². The van der Waals surface area contributed by atoms with E-state index in [0.29, 0.717) is 11.9 Å². The molecular formula is C19H30N4O2. The van der Waals surface area contributed by atoms with Crippen LogP contribution in [0.25, 0.3) is 0 Å². The third-order valence-electron chi connectivity index (χ3n) is 4.23. The SMILES string of the molecule is CN(C)C(=O)CN=C(NCCCc1ccccc1)NCC1CCOC1. The molecule has 1 amide bonds. The summed E-state index contributed by atoms with van der Waals surface area (Å²) < 4.78 is 5.41. The minimum absolute atomic E-state index is 0.00501. The van der Waals surface area contributed by atoms with Gasteiger partial charge in [0.25, 0.3) is 0 Å². The first kappa shape index (κ1) is 19.2. The predicted molar refractivity (Wildman–Crippen MR) is 101 cm³/mol. The lowest BCUT2D eigenvalue weighted by Crippen LogP contribution is -2.41. The smallest absolute Gasteiger partial charge is 0.243 e. The molecule has 1 fully saturated rings. The lowest BCUT2D eigenvalue weighted by Gasteiger charge is -2.16. The van der Waals surface area contributed by atoms with E-state index in [9.17, 15) is 4.79 Å². The Balaban J connectivity index is 1.77. The van der Waals surface area contributed by atoms with E-state index in [4.69, 9.17) is 4.74 Å². The van der Waals surface area contributed by atoms with Crippen LogP contribution < -0.4 is 10.6 Å². The molecule has 1 aliphatic heterocycles. The predicted octanol–water partition coefficient (Wildman–Crippen LogP) is 1.28. The Morgan fingerprint density at radius 2 is 2.08 bits per heavy atom. The monoisotopic (exact) mass is 346 g/mol. The van der Waals surface area contributed by atoms with Gasteiger partial charge in [-0.05, 0) is 24.8 Å². The van der Waals surface area contributed by atoms with E-state index in [1.165, 1.54) is 5.56 Å². The maximum Gasteiger partial charge on any atom is 0.243 e. The first-order valence-electron chi connectivity index (χ1n) is 8.99. The largest absolute Gasteiger partial charge is 0.381 e. The molecule has 138 valence electrons. The van der Waals surface area contributed by atoms with Crippen molar-refractivity contribution in [3.8, 4) is 0 Å². The van der Waals surface area contributed by atoms with Gasteiger partial charge in [0.05, 0.1) is 6.61 Å². The van der Waals surface area contributed by atoms with Gasteiger partial charge in [-0.3, -0.25) is 4.79 Å².